The fraction of sp³-hybridized carbons (Fsp3) is 0.485. The summed E-state index contributed by atoms with van der Waals surface area (Å²) in [6.45, 7) is 10.3. The lowest BCUT2D eigenvalue weighted by molar-refractivity contribution is -0.127. The van der Waals surface area contributed by atoms with Gasteiger partial charge in [-0.3, -0.25) is 9.59 Å². The van der Waals surface area contributed by atoms with Gasteiger partial charge in [0.05, 0.1) is 10.6 Å². The van der Waals surface area contributed by atoms with Crippen LogP contribution in [0.15, 0.2) is 57.9 Å². The summed E-state index contributed by atoms with van der Waals surface area (Å²) < 4.78 is 27.6. The summed E-state index contributed by atoms with van der Waals surface area (Å²) in [6.07, 6.45) is 3.94. The Morgan fingerprint density at radius 1 is 1.11 bits per heavy atom. The third-order valence-corrected chi connectivity index (χ3v) is 9.48. The maximum Gasteiger partial charge on any atom is 0.250 e. The van der Waals surface area contributed by atoms with Crippen molar-refractivity contribution in [2.45, 2.75) is 58.3 Å². The van der Waals surface area contributed by atoms with Crippen LogP contribution in [-0.4, -0.2) is 79.7 Å². The normalized spacial score (nSPS) is 15.8. The lowest BCUT2D eigenvalue weighted by Crippen LogP contribution is -2.51. The zero-order valence-corrected chi connectivity index (χ0v) is 27.0. The molecule has 2 amide bonds. The Bertz CT molecular complexity index is 1540. The van der Waals surface area contributed by atoms with Crippen LogP contribution in [0.4, 0.5) is 5.69 Å². The average molecular weight is 624 g/mol. The number of rotatable bonds is 12. The topological polar surface area (TPSA) is 145 Å². The number of nitrogens with two attached hydrogens (primary N) is 1. The van der Waals surface area contributed by atoms with Gasteiger partial charge in [0.1, 0.15) is 5.84 Å². The zero-order chi connectivity index (χ0) is 32.1. The van der Waals surface area contributed by atoms with Crippen LogP contribution in [0, 0.1) is 11.3 Å². The van der Waals surface area contributed by atoms with Crippen LogP contribution in [0.25, 0.3) is 17.2 Å². The largest absolute Gasteiger partial charge is 0.396 e. The van der Waals surface area contributed by atoms with Crippen molar-refractivity contribution in [3.8, 4) is 11.1 Å². The predicted octanol–water partition coefficient (Wildman–Crippen LogP) is 3.92. The van der Waals surface area contributed by atoms with E-state index in [1.165, 1.54) is 4.31 Å². The van der Waals surface area contributed by atoms with Crippen LogP contribution in [0.3, 0.4) is 0 Å². The van der Waals surface area contributed by atoms with Gasteiger partial charge in [0.25, 0.3) is 0 Å². The molecule has 2 aromatic carbocycles. The highest BCUT2D eigenvalue weighted by atomic mass is 32.2. The number of nitrogens with zero attached hydrogens (tertiary/aromatic N) is 3. The number of carbonyl (C=O) groups excluding carboxylic acids is 2. The molecule has 2 aromatic rings. The van der Waals surface area contributed by atoms with E-state index in [9.17, 15) is 23.1 Å². The monoisotopic (exact) mass is 623 g/mol. The number of aliphatic hydroxyl groups is 1. The van der Waals surface area contributed by atoms with E-state index in [0.717, 1.165) is 23.1 Å². The third kappa shape index (κ3) is 8.34. The first kappa shape index (κ1) is 33.4. The lowest BCUT2D eigenvalue weighted by Gasteiger charge is -2.36. The molecule has 0 radical (unpaired) electrons. The number of benzene rings is 2. The van der Waals surface area contributed by atoms with Crippen LogP contribution < -0.4 is 11.1 Å². The van der Waals surface area contributed by atoms with Crippen molar-refractivity contribution in [3.63, 3.8) is 0 Å². The first-order valence-corrected chi connectivity index (χ1v) is 16.7. The van der Waals surface area contributed by atoms with Gasteiger partial charge in [0.15, 0.2) is 0 Å². The second-order valence-electron chi connectivity index (χ2n) is 12.9. The molecule has 0 aliphatic carbocycles. The number of aliphatic imine (C=N–C) groups is 1. The zero-order valence-electron chi connectivity index (χ0n) is 26.2. The Kier molecular flexibility index (Phi) is 10.6. The summed E-state index contributed by atoms with van der Waals surface area (Å²) >= 11 is 0. The van der Waals surface area contributed by atoms with E-state index < -0.39 is 10.0 Å². The Morgan fingerprint density at radius 3 is 2.52 bits per heavy atom. The number of hydrogen-bond donors (Lipinski definition) is 3. The number of amidine groups is 1. The second kappa shape index (κ2) is 14.0. The molecule has 0 unspecified atom stereocenters. The number of fused-ring (bicyclic) bond motifs is 1. The molecular formula is C33H45N5O5S. The highest BCUT2D eigenvalue weighted by Gasteiger charge is 2.36. The predicted molar refractivity (Wildman–Crippen MR) is 174 cm³/mol. The van der Waals surface area contributed by atoms with E-state index in [0.29, 0.717) is 62.7 Å². The van der Waals surface area contributed by atoms with Gasteiger partial charge in [0.2, 0.25) is 21.8 Å². The first-order chi connectivity index (χ1) is 20.8. The average Bonchev–Trinajstić information content (AvgIpc) is 3.10. The molecule has 10 nitrogen and oxygen atoms in total. The van der Waals surface area contributed by atoms with E-state index in [2.05, 4.69) is 10.3 Å². The standard InChI is InChI=1S/C33H45N5O5S/c1-5-13-37(14-7-12-35-31(40)19-33(2,3)4)32(41)27-15-26-11-10-25(17-29(26)36-30(34)18-27)24-8-6-9-28(16-24)44(42,43)38-20-23(21-38)22-39/h6,8-11,15-17,23,39H,5,7,12-14,18-22H2,1-4H3,(H2,34,36)(H,35,40). The van der Waals surface area contributed by atoms with Crippen molar-refractivity contribution < 1.29 is 23.1 Å². The Labute approximate surface area is 261 Å². The fourth-order valence-corrected chi connectivity index (χ4v) is 7.00. The maximum absolute atomic E-state index is 13.6. The quantitative estimate of drug-likeness (QED) is 0.306. The van der Waals surface area contributed by atoms with Crippen molar-refractivity contribution in [1.29, 1.82) is 0 Å². The number of sulfonamides is 1. The van der Waals surface area contributed by atoms with E-state index in [-0.39, 0.29) is 41.1 Å². The van der Waals surface area contributed by atoms with Crippen molar-refractivity contribution in [2.75, 3.05) is 39.3 Å². The molecular weight excluding hydrogens is 578 g/mol. The van der Waals surface area contributed by atoms with Crippen molar-refractivity contribution in [3.05, 3.63) is 53.6 Å². The summed E-state index contributed by atoms with van der Waals surface area (Å²) in [5, 5.41) is 12.2. The molecule has 238 valence electrons. The second-order valence-corrected chi connectivity index (χ2v) is 14.8. The highest BCUT2D eigenvalue weighted by Crippen LogP contribution is 2.34. The summed E-state index contributed by atoms with van der Waals surface area (Å²) in [5.41, 5.74) is 9.61. The molecule has 4 rings (SSSR count). The molecule has 1 saturated heterocycles. The molecule has 4 N–H and O–H groups in total. The van der Waals surface area contributed by atoms with Gasteiger partial charge < -0.3 is 21.1 Å². The van der Waals surface area contributed by atoms with Crippen LogP contribution in [0.2, 0.25) is 0 Å². The molecule has 11 heteroatoms. The molecule has 0 bridgehead atoms. The first-order valence-electron chi connectivity index (χ1n) is 15.3. The van der Waals surface area contributed by atoms with Crippen LogP contribution in [0.1, 0.15) is 58.9 Å². The Balaban J connectivity index is 1.49. The molecule has 2 aliphatic heterocycles. The van der Waals surface area contributed by atoms with E-state index >= 15 is 0 Å². The fourth-order valence-electron chi connectivity index (χ4n) is 5.36. The molecule has 0 saturated carbocycles. The molecule has 2 aliphatic rings. The van der Waals surface area contributed by atoms with Gasteiger partial charge in [-0.05, 0) is 53.7 Å². The number of aliphatic hydroxyl groups excluding tert-OH is 1. The summed E-state index contributed by atoms with van der Waals surface area (Å²) in [6, 6.07) is 12.4. The minimum Gasteiger partial charge on any atom is -0.396 e. The number of nitrogens with one attached hydrogen (secondary N) is 1. The van der Waals surface area contributed by atoms with Crippen molar-refractivity contribution in [1.82, 2.24) is 14.5 Å². The Hall–Kier alpha value is -3.54. The molecule has 0 spiro atoms. The van der Waals surface area contributed by atoms with Gasteiger partial charge in [-0.2, -0.15) is 4.31 Å². The van der Waals surface area contributed by atoms with E-state index in [1.54, 1.807) is 23.1 Å². The maximum atomic E-state index is 13.6. The van der Waals surface area contributed by atoms with Gasteiger partial charge in [0, 0.05) is 69.2 Å². The van der Waals surface area contributed by atoms with E-state index in [1.807, 2.05) is 58.0 Å². The molecule has 0 aromatic heterocycles. The van der Waals surface area contributed by atoms with Gasteiger partial charge in [-0.25, -0.2) is 13.4 Å². The van der Waals surface area contributed by atoms with Gasteiger partial charge in [-0.1, -0.05) is 52.0 Å². The highest BCUT2D eigenvalue weighted by molar-refractivity contribution is 7.89. The Morgan fingerprint density at radius 2 is 1.84 bits per heavy atom. The number of hydrogen-bond acceptors (Lipinski definition) is 7. The molecule has 1 fully saturated rings. The summed E-state index contributed by atoms with van der Waals surface area (Å²) in [5.74, 6) is 0.206. The number of carbonyl (C=O) groups is 2. The molecule has 0 atom stereocenters. The third-order valence-electron chi connectivity index (χ3n) is 7.66. The van der Waals surface area contributed by atoms with Gasteiger partial charge in [-0.15, -0.1) is 0 Å². The SMILES string of the molecule is CCCN(CCCNC(=O)CC(C)(C)C)C(=O)C1=Cc2ccc(-c3cccc(S(=O)(=O)N4CC(CO)C4)c3)cc2N=C(N)C1. The summed E-state index contributed by atoms with van der Waals surface area (Å²) in [7, 11) is -3.66. The number of amides is 2. The van der Waals surface area contributed by atoms with E-state index in [4.69, 9.17) is 5.73 Å². The van der Waals surface area contributed by atoms with Crippen LogP contribution in [-0.2, 0) is 19.6 Å². The molecule has 2 heterocycles. The van der Waals surface area contributed by atoms with Crippen molar-refractivity contribution in [2.24, 2.45) is 22.1 Å². The smallest absolute Gasteiger partial charge is 0.250 e. The molecule has 44 heavy (non-hydrogen) atoms. The summed E-state index contributed by atoms with van der Waals surface area (Å²) in [4.78, 5) is 32.4. The minimum absolute atomic E-state index is 0.0120. The van der Waals surface area contributed by atoms with Gasteiger partial charge >= 0.3 is 0 Å². The van der Waals surface area contributed by atoms with Crippen LogP contribution in [0.5, 0.6) is 0 Å². The minimum atomic E-state index is -3.66. The lowest BCUT2D eigenvalue weighted by atomic mass is 9.92. The van der Waals surface area contributed by atoms with Crippen LogP contribution >= 0.6 is 0 Å². The van der Waals surface area contributed by atoms with Crippen molar-refractivity contribution >= 4 is 39.4 Å².